The van der Waals surface area contributed by atoms with Gasteiger partial charge >= 0.3 is 6.03 Å². The van der Waals surface area contributed by atoms with Crippen molar-refractivity contribution in [3.8, 4) is 5.75 Å². The summed E-state index contributed by atoms with van der Waals surface area (Å²) in [7, 11) is 1.60. The first kappa shape index (κ1) is 20.1. The number of methoxy groups -OCH3 is 1. The maximum absolute atomic E-state index is 12.8. The van der Waals surface area contributed by atoms with E-state index in [-0.39, 0.29) is 12.1 Å². The molecule has 0 saturated carbocycles. The quantitative estimate of drug-likeness (QED) is 0.619. The summed E-state index contributed by atoms with van der Waals surface area (Å²) in [5.74, 6) is 1.63. The number of ether oxygens (including phenoxy) is 1. The molecule has 7 heteroatoms. The Kier molecular flexibility index (Phi) is 6.63. The summed E-state index contributed by atoms with van der Waals surface area (Å²) in [6, 6.07) is 18.7. The summed E-state index contributed by atoms with van der Waals surface area (Å²) < 4.78 is 5.21. The van der Waals surface area contributed by atoms with Gasteiger partial charge in [-0.25, -0.2) is 14.7 Å². The van der Waals surface area contributed by atoms with E-state index in [4.69, 9.17) is 4.74 Å². The van der Waals surface area contributed by atoms with Crippen LogP contribution in [0.25, 0.3) is 0 Å². The van der Waals surface area contributed by atoms with Crippen LogP contribution in [0, 0.1) is 0 Å². The first-order valence-electron chi connectivity index (χ1n) is 9.49. The van der Waals surface area contributed by atoms with Gasteiger partial charge in [0.2, 0.25) is 5.95 Å². The number of benzene rings is 2. The largest absolute Gasteiger partial charge is 0.497 e. The first-order chi connectivity index (χ1) is 14.1. The van der Waals surface area contributed by atoms with Gasteiger partial charge in [0.1, 0.15) is 11.6 Å². The van der Waals surface area contributed by atoms with Gasteiger partial charge in [0.15, 0.2) is 0 Å². The minimum absolute atomic E-state index is 0.0188. The fraction of sp³-hybridized carbons (Fsp3) is 0.227. The number of aromatic nitrogens is 2. The summed E-state index contributed by atoms with van der Waals surface area (Å²) in [5, 5.41) is 6.13. The van der Waals surface area contributed by atoms with Crippen molar-refractivity contribution in [3.05, 3.63) is 72.4 Å². The van der Waals surface area contributed by atoms with Crippen molar-refractivity contribution >= 4 is 23.5 Å². The van der Waals surface area contributed by atoms with Gasteiger partial charge in [-0.15, -0.1) is 0 Å². The molecule has 29 heavy (non-hydrogen) atoms. The Balaban J connectivity index is 1.89. The van der Waals surface area contributed by atoms with E-state index in [2.05, 4.69) is 20.6 Å². The van der Waals surface area contributed by atoms with Gasteiger partial charge in [-0.2, -0.15) is 4.98 Å². The van der Waals surface area contributed by atoms with Crippen LogP contribution in [0.2, 0.25) is 0 Å². The predicted molar refractivity (Wildman–Crippen MR) is 115 cm³/mol. The highest BCUT2D eigenvalue weighted by Gasteiger charge is 2.20. The number of amides is 2. The lowest BCUT2D eigenvalue weighted by Gasteiger charge is -2.23. The maximum atomic E-state index is 12.8. The van der Waals surface area contributed by atoms with Crippen LogP contribution in [-0.2, 0) is 0 Å². The zero-order chi connectivity index (χ0) is 20.6. The smallest absolute Gasteiger partial charge is 0.327 e. The zero-order valence-corrected chi connectivity index (χ0v) is 16.8. The van der Waals surface area contributed by atoms with Crippen molar-refractivity contribution in [1.29, 1.82) is 0 Å². The number of anilines is 3. The van der Waals surface area contributed by atoms with E-state index in [1.165, 1.54) is 4.90 Å². The van der Waals surface area contributed by atoms with E-state index in [0.29, 0.717) is 29.7 Å². The highest BCUT2D eigenvalue weighted by atomic mass is 16.5. The second kappa shape index (κ2) is 9.54. The maximum Gasteiger partial charge on any atom is 0.327 e. The Hall–Kier alpha value is -3.61. The molecule has 1 heterocycles. The van der Waals surface area contributed by atoms with Gasteiger partial charge in [0.25, 0.3) is 0 Å². The molecular weight excluding hydrogens is 366 g/mol. The Bertz CT molecular complexity index is 931. The van der Waals surface area contributed by atoms with Crippen LogP contribution in [0.1, 0.15) is 25.5 Å². The highest BCUT2D eigenvalue weighted by Crippen LogP contribution is 2.27. The summed E-state index contributed by atoms with van der Waals surface area (Å²) in [5.41, 5.74) is 1.80. The number of hydrogen-bond donors (Lipinski definition) is 2. The third-order valence-corrected chi connectivity index (χ3v) is 4.38. The van der Waals surface area contributed by atoms with Crippen molar-refractivity contribution in [2.24, 2.45) is 0 Å². The molecule has 3 aromatic rings. The summed E-state index contributed by atoms with van der Waals surface area (Å²) in [6.07, 6.45) is 1.64. The molecule has 1 aromatic heterocycles. The average molecular weight is 391 g/mol. The summed E-state index contributed by atoms with van der Waals surface area (Å²) in [4.78, 5) is 23.2. The van der Waals surface area contributed by atoms with Crippen LogP contribution in [-0.4, -0.2) is 29.7 Å². The van der Waals surface area contributed by atoms with Gasteiger partial charge in [0, 0.05) is 18.8 Å². The summed E-state index contributed by atoms with van der Waals surface area (Å²) >= 11 is 0. The van der Waals surface area contributed by atoms with Crippen LogP contribution in [0.4, 0.5) is 22.2 Å². The molecular formula is C22H25N5O2. The molecule has 3 rings (SSSR count). The number of urea groups is 1. The highest BCUT2D eigenvalue weighted by molar-refractivity contribution is 5.98. The fourth-order valence-electron chi connectivity index (χ4n) is 2.88. The van der Waals surface area contributed by atoms with E-state index >= 15 is 0 Å². The fourth-order valence-corrected chi connectivity index (χ4v) is 2.88. The van der Waals surface area contributed by atoms with Crippen LogP contribution >= 0.6 is 0 Å². The van der Waals surface area contributed by atoms with Crippen LogP contribution in [0.3, 0.4) is 0 Å². The van der Waals surface area contributed by atoms with E-state index in [9.17, 15) is 4.79 Å². The molecule has 0 aliphatic rings. The third kappa shape index (κ3) is 5.01. The summed E-state index contributed by atoms with van der Waals surface area (Å²) in [6.45, 7) is 4.42. The number of carbonyl (C=O) groups excluding carboxylic acids is 1. The Morgan fingerprint density at radius 1 is 1.10 bits per heavy atom. The van der Waals surface area contributed by atoms with E-state index in [1.54, 1.807) is 31.5 Å². The van der Waals surface area contributed by atoms with Gasteiger partial charge in [-0.1, -0.05) is 30.3 Å². The number of rotatable bonds is 7. The third-order valence-electron chi connectivity index (χ3n) is 4.38. The van der Waals surface area contributed by atoms with Crippen molar-refractivity contribution < 1.29 is 9.53 Å². The van der Waals surface area contributed by atoms with Gasteiger partial charge in [-0.05, 0) is 43.7 Å². The second-order valence-electron chi connectivity index (χ2n) is 6.38. The number of nitrogens with one attached hydrogen (secondary N) is 2. The minimum Gasteiger partial charge on any atom is -0.497 e. The molecule has 0 fully saturated rings. The van der Waals surface area contributed by atoms with E-state index in [0.717, 1.165) is 5.56 Å². The number of nitrogens with zero attached hydrogens (tertiary/aromatic N) is 3. The van der Waals surface area contributed by atoms with Crippen molar-refractivity contribution in [1.82, 2.24) is 15.3 Å². The molecule has 0 radical (unpaired) electrons. The topological polar surface area (TPSA) is 79.4 Å². The molecule has 1 atom stereocenters. The monoisotopic (exact) mass is 391 g/mol. The second-order valence-corrected chi connectivity index (χ2v) is 6.38. The number of carbonyl (C=O) groups is 1. The van der Waals surface area contributed by atoms with Gasteiger partial charge in [0.05, 0.1) is 18.8 Å². The normalized spacial score (nSPS) is 11.4. The molecule has 2 amide bonds. The molecule has 2 aromatic carbocycles. The lowest BCUT2D eigenvalue weighted by Crippen LogP contribution is -2.37. The van der Waals surface area contributed by atoms with Crippen LogP contribution < -0.4 is 20.3 Å². The van der Waals surface area contributed by atoms with E-state index in [1.807, 2.05) is 56.3 Å². The Morgan fingerprint density at radius 2 is 1.83 bits per heavy atom. The zero-order valence-electron chi connectivity index (χ0n) is 16.8. The molecule has 150 valence electrons. The Labute approximate surface area is 170 Å². The first-order valence-corrected chi connectivity index (χ1v) is 9.49. The molecule has 0 saturated heterocycles. The van der Waals surface area contributed by atoms with Crippen molar-refractivity contribution in [2.45, 2.75) is 19.9 Å². The SMILES string of the molecule is CCNC(=O)N(c1ccc(OC)cc1)c1ccnc(N[C@@H](C)c2ccccc2)n1. The molecule has 0 bridgehead atoms. The minimum atomic E-state index is -0.265. The molecule has 2 N–H and O–H groups in total. The van der Waals surface area contributed by atoms with Gasteiger partial charge < -0.3 is 15.4 Å². The predicted octanol–water partition coefficient (Wildman–Crippen LogP) is 4.53. The molecule has 0 unspecified atom stereocenters. The standard InChI is InChI=1S/C22H25N5O2/c1-4-23-22(28)27(18-10-12-19(29-3)13-11-18)20-14-15-24-21(26-20)25-16(2)17-8-6-5-7-9-17/h5-16H,4H2,1-3H3,(H,23,28)(H,24,25,26)/t16-/m0/s1. The lowest BCUT2D eigenvalue weighted by molar-refractivity contribution is 0.249. The Morgan fingerprint density at radius 3 is 2.48 bits per heavy atom. The molecule has 0 aliphatic heterocycles. The van der Waals surface area contributed by atoms with Crippen molar-refractivity contribution in [2.75, 3.05) is 23.9 Å². The van der Waals surface area contributed by atoms with Crippen LogP contribution in [0.15, 0.2) is 66.9 Å². The van der Waals surface area contributed by atoms with Crippen LogP contribution in [0.5, 0.6) is 5.75 Å². The number of hydrogen-bond acceptors (Lipinski definition) is 5. The molecule has 0 spiro atoms. The average Bonchev–Trinajstić information content (AvgIpc) is 2.75. The van der Waals surface area contributed by atoms with Gasteiger partial charge in [-0.3, -0.25) is 0 Å². The van der Waals surface area contributed by atoms with Crippen molar-refractivity contribution in [3.63, 3.8) is 0 Å². The lowest BCUT2D eigenvalue weighted by atomic mass is 10.1. The molecule has 0 aliphatic carbocycles. The molecule has 7 nitrogen and oxygen atoms in total. The van der Waals surface area contributed by atoms with E-state index < -0.39 is 0 Å².